The standard InChI is InChI=1S/C14H12F3NO3/c1-19-7-4-9(20-2)12(10(5-7)21-3)14-13(17)8(15)6-11(16)18-14/h4-6H,1-3H3. The summed E-state index contributed by atoms with van der Waals surface area (Å²) in [6.07, 6.45) is 0. The van der Waals surface area contributed by atoms with Crippen LogP contribution in [0.1, 0.15) is 0 Å². The van der Waals surface area contributed by atoms with Crippen molar-refractivity contribution in [3.05, 3.63) is 35.8 Å². The van der Waals surface area contributed by atoms with Crippen molar-refractivity contribution < 1.29 is 27.4 Å². The molecule has 0 spiro atoms. The van der Waals surface area contributed by atoms with E-state index >= 15 is 0 Å². The molecule has 0 aliphatic rings. The molecule has 2 aromatic rings. The third-order valence-electron chi connectivity index (χ3n) is 2.83. The predicted molar refractivity (Wildman–Crippen MR) is 69.2 cm³/mol. The molecule has 0 aliphatic carbocycles. The van der Waals surface area contributed by atoms with Gasteiger partial charge in [0.1, 0.15) is 22.9 Å². The van der Waals surface area contributed by atoms with E-state index in [2.05, 4.69) is 4.98 Å². The number of pyridine rings is 1. The van der Waals surface area contributed by atoms with Gasteiger partial charge in [-0.2, -0.15) is 4.39 Å². The Morgan fingerprint density at radius 1 is 0.857 bits per heavy atom. The summed E-state index contributed by atoms with van der Waals surface area (Å²) in [5.41, 5.74) is -0.541. The lowest BCUT2D eigenvalue weighted by Crippen LogP contribution is -2.02. The summed E-state index contributed by atoms with van der Waals surface area (Å²) in [7, 11) is 4.07. The quantitative estimate of drug-likeness (QED) is 0.813. The van der Waals surface area contributed by atoms with E-state index in [9.17, 15) is 13.2 Å². The molecule has 0 bridgehead atoms. The Hall–Kier alpha value is -2.44. The van der Waals surface area contributed by atoms with Crippen LogP contribution in [-0.2, 0) is 0 Å². The first-order valence-corrected chi connectivity index (χ1v) is 5.83. The number of halogens is 3. The maximum absolute atomic E-state index is 13.9. The van der Waals surface area contributed by atoms with Crippen LogP contribution in [0.2, 0.25) is 0 Å². The van der Waals surface area contributed by atoms with Crippen LogP contribution in [-0.4, -0.2) is 26.3 Å². The Morgan fingerprint density at radius 2 is 1.43 bits per heavy atom. The fourth-order valence-electron chi connectivity index (χ4n) is 1.87. The summed E-state index contributed by atoms with van der Waals surface area (Å²) in [5, 5.41) is 0. The Balaban J connectivity index is 2.79. The number of aromatic nitrogens is 1. The highest BCUT2D eigenvalue weighted by molar-refractivity contribution is 5.76. The third kappa shape index (κ3) is 2.72. The lowest BCUT2D eigenvalue weighted by molar-refractivity contribution is 0.376. The minimum absolute atomic E-state index is 0.00306. The summed E-state index contributed by atoms with van der Waals surface area (Å²) >= 11 is 0. The molecular formula is C14H12F3NO3. The van der Waals surface area contributed by atoms with Crippen molar-refractivity contribution in [3.8, 4) is 28.5 Å². The van der Waals surface area contributed by atoms with E-state index in [1.165, 1.54) is 33.5 Å². The number of benzene rings is 1. The van der Waals surface area contributed by atoms with Crippen molar-refractivity contribution in [2.75, 3.05) is 21.3 Å². The van der Waals surface area contributed by atoms with Gasteiger partial charge in [-0.1, -0.05) is 0 Å². The van der Waals surface area contributed by atoms with Crippen molar-refractivity contribution in [2.45, 2.75) is 0 Å². The number of hydrogen-bond donors (Lipinski definition) is 0. The van der Waals surface area contributed by atoms with Gasteiger partial charge in [0.2, 0.25) is 5.95 Å². The third-order valence-corrected chi connectivity index (χ3v) is 2.83. The molecule has 0 radical (unpaired) electrons. The van der Waals surface area contributed by atoms with Gasteiger partial charge < -0.3 is 14.2 Å². The fourth-order valence-corrected chi connectivity index (χ4v) is 1.87. The molecule has 0 fully saturated rings. The molecule has 4 nitrogen and oxygen atoms in total. The number of methoxy groups -OCH3 is 3. The van der Waals surface area contributed by atoms with Gasteiger partial charge in [0, 0.05) is 18.2 Å². The van der Waals surface area contributed by atoms with Crippen molar-refractivity contribution in [1.82, 2.24) is 4.98 Å². The van der Waals surface area contributed by atoms with Crippen LogP contribution in [0.3, 0.4) is 0 Å². The van der Waals surface area contributed by atoms with Gasteiger partial charge in [-0.15, -0.1) is 0 Å². The lowest BCUT2D eigenvalue weighted by Gasteiger charge is -2.15. The van der Waals surface area contributed by atoms with E-state index in [-0.39, 0.29) is 17.1 Å². The summed E-state index contributed by atoms with van der Waals surface area (Å²) in [5.74, 6) is -3.19. The Bertz CT molecular complexity index is 652. The second-order valence-corrected chi connectivity index (χ2v) is 4.00. The Morgan fingerprint density at radius 3 is 1.90 bits per heavy atom. The largest absolute Gasteiger partial charge is 0.496 e. The molecule has 1 heterocycles. The molecule has 0 amide bonds. The fraction of sp³-hybridized carbons (Fsp3) is 0.214. The van der Waals surface area contributed by atoms with Gasteiger partial charge in [0.25, 0.3) is 0 Å². The zero-order valence-electron chi connectivity index (χ0n) is 11.5. The van der Waals surface area contributed by atoms with Crippen molar-refractivity contribution >= 4 is 0 Å². The van der Waals surface area contributed by atoms with Gasteiger partial charge in [-0.25, -0.2) is 13.8 Å². The smallest absolute Gasteiger partial charge is 0.216 e. The molecule has 0 saturated carbocycles. The molecule has 0 saturated heterocycles. The number of nitrogens with zero attached hydrogens (tertiary/aromatic N) is 1. The first-order chi connectivity index (χ1) is 10.0. The zero-order chi connectivity index (χ0) is 15.6. The molecule has 1 aromatic carbocycles. The predicted octanol–water partition coefficient (Wildman–Crippen LogP) is 3.19. The van der Waals surface area contributed by atoms with Crippen LogP contribution in [0, 0.1) is 17.6 Å². The van der Waals surface area contributed by atoms with E-state index in [0.717, 1.165) is 0 Å². The van der Waals surface area contributed by atoms with Crippen LogP contribution in [0.4, 0.5) is 13.2 Å². The molecule has 0 aliphatic heterocycles. The van der Waals surface area contributed by atoms with E-state index in [4.69, 9.17) is 14.2 Å². The monoisotopic (exact) mass is 299 g/mol. The molecule has 0 N–H and O–H groups in total. The zero-order valence-corrected chi connectivity index (χ0v) is 11.5. The molecule has 112 valence electrons. The van der Waals surface area contributed by atoms with Gasteiger partial charge >= 0.3 is 0 Å². The van der Waals surface area contributed by atoms with Crippen molar-refractivity contribution in [1.29, 1.82) is 0 Å². The maximum Gasteiger partial charge on any atom is 0.216 e. The number of rotatable bonds is 4. The van der Waals surface area contributed by atoms with Gasteiger partial charge in [-0.3, -0.25) is 0 Å². The SMILES string of the molecule is COc1cc(OC)c(-c2nc(F)cc(F)c2F)c(OC)c1. The molecule has 1 aromatic heterocycles. The van der Waals surface area contributed by atoms with Crippen molar-refractivity contribution in [3.63, 3.8) is 0 Å². The molecular weight excluding hydrogens is 287 g/mol. The minimum Gasteiger partial charge on any atom is -0.496 e. The Kier molecular flexibility index (Phi) is 4.21. The highest BCUT2D eigenvalue weighted by atomic mass is 19.2. The average Bonchev–Trinajstić information content (AvgIpc) is 2.49. The maximum atomic E-state index is 13.9. The summed E-state index contributed by atoms with van der Waals surface area (Å²) in [4.78, 5) is 3.39. The number of ether oxygens (including phenoxy) is 3. The normalized spacial score (nSPS) is 10.4. The van der Waals surface area contributed by atoms with Crippen LogP contribution in [0.5, 0.6) is 17.2 Å². The molecule has 2 rings (SSSR count). The molecule has 0 atom stereocenters. The van der Waals surface area contributed by atoms with E-state index in [1.807, 2.05) is 0 Å². The molecule has 7 heteroatoms. The van der Waals surface area contributed by atoms with Crippen molar-refractivity contribution in [2.24, 2.45) is 0 Å². The van der Waals surface area contributed by atoms with E-state index in [0.29, 0.717) is 11.8 Å². The minimum atomic E-state index is -1.35. The highest BCUT2D eigenvalue weighted by Crippen LogP contribution is 2.42. The van der Waals surface area contributed by atoms with Crippen LogP contribution < -0.4 is 14.2 Å². The lowest BCUT2D eigenvalue weighted by atomic mass is 10.1. The highest BCUT2D eigenvalue weighted by Gasteiger charge is 2.23. The van der Waals surface area contributed by atoms with Gasteiger partial charge in [-0.05, 0) is 0 Å². The summed E-state index contributed by atoms with van der Waals surface area (Å²) < 4.78 is 55.9. The van der Waals surface area contributed by atoms with E-state index < -0.39 is 23.3 Å². The van der Waals surface area contributed by atoms with E-state index in [1.54, 1.807) is 0 Å². The first-order valence-electron chi connectivity index (χ1n) is 5.83. The van der Waals surface area contributed by atoms with Gasteiger partial charge in [0.05, 0.1) is 26.9 Å². The van der Waals surface area contributed by atoms with Gasteiger partial charge in [0.15, 0.2) is 11.6 Å². The first kappa shape index (κ1) is 15.0. The molecule has 21 heavy (non-hydrogen) atoms. The summed E-state index contributed by atoms with van der Waals surface area (Å²) in [6.45, 7) is 0. The van der Waals surface area contributed by atoms with Crippen LogP contribution in [0.25, 0.3) is 11.3 Å². The average molecular weight is 299 g/mol. The van der Waals surface area contributed by atoms with Crippen LogP contribution in [0.15, 0.2) is 18.2 Å². The second kappa shape index (κ2) is 5.90. The number of hydrogen-bond acceptors (Lipinski definition) is 4. The summed E-state index contributed by atoms with van der Waals surface area (Å²) in [6, 6.07) is 3.23. The molecule has 0 unspecified atom stereocenters. The topological polar surface area (TPSA) is 40.6 Å². The van der Waals surface area contributed by atoms with Crippen LogP contribution >= 0.6 is 0 Å². The second-order valence-electron chi connectivity index (χ2n) is 4.00. The Labute approximate surface area is 119 Å².